The first-order chi connectivity index (χ1) is 6.20. The second-order valence-electron chi connectivity index (χ2n) is 3.48. The van der Waals surface area contributed by atoms with Crippen LogP contribution < -0.4 is 16.6 Å². The van der Waals surface area contributed by atoms with E-state index in [0.29, 0.717) is 11.9 Å². The molecular formula is C9H22N4. The van der Waals surface area contributed by atoms with Crippen molar-refractivity contribution in [3.8, 4) is 0 Å². The van der Waals surface area contributed by atoms with E-state index in [4.69, 9.17) is 5.84 Å². The molecule has 0 atom stereocenters. The number of nitrogens with two attached hydrogens (primary N) is 1. The van der Waals surface area contributed by atoms with Crippen LogP contribution in [0.2, 0.25) is 0 Å². The van der Waals surface area contributed by atoms with Gasteiger partial charge >= 0.3 is 0 Å². The Bertz CT molecular complexity index is 143. The third kappa shape index (κ3) is 7.59. The van der Waals surface area contributed by atoms with E-state index in [1.807, 2.05) is 0 Å². The van der Waals surface area contributed by atoms with E-state index in [1.165, 1.54) is 0 Å². The summed E-state index contributed by atoms with van der Waals surface area (Å²) in [5.74, 6) is 6.69. The molecule has 0 aliphatic carbocycles. The maximum Gasteiger partial charge on any atom is 0.205 e. The fraction of sp³-hybridized carbons (Fsp3) is 0.889. The van der Waals surface area contributed by atoms with Gasteiger partial charge in [-0.1, -0.05) is 20.8 Å². The Labute approximate surface area is 81.0 Å². The van der Waals surface area contributed by atoms with E-state index >= 15 is 0 Å². The molecule has 0 aliphatic heterocycles. The first-order valence-corrected chi connectivity index (χ1v) is 4.95. The first kappa shape index (κ1) is 12.2. The molecule has 4 nitrogen and oxygen atoms in total. The zero-order chi connectivity index (χ0) is 10.1. The molecule has 0 saturated carbocycles. The molecule has 0 aromatic carbocycles. The van der Waals surface area contributed by atoms with Gasteiger partial charge in [0.05, 0.1) is 0 Å². The lowest BCUT2D eigenvalue weighted by Gasteiger charge is -2.09. The van der Waals surface area contributed by atoms with Crippen molar-refractivity contribution in [2.24, 2.45) is 16.8 Å². The minimum Gasteiger partial charge on any atom is -0.355 e. The number of nitrogens with one attached hydrogen (secondary N) is 2. The molecule has 0 aliphatic rings. The summed E-state index contributed by atoms with van der Waals surface area (Å²) in [6.07, 6.45) is 2.17. The van der Waals surface area contributed by atoms with Crippen LogP contribution >= 0.6 is 0 Å². The van der Waals surface area contributed by atoms with E-state index in [-0.39, 0.29) is 0 Å². The molecule has 0 amide bonds. The van der Waals surface area contributed by atoms with Crippen molar-refractivity contribution in [1.29, 1.82) is 0 Å². The number of nitrogens with zero attached hydrogens (tertiary/aromatic N) is 1. The summed E-state index contributed by atoms with van der Waals surface area (Å²) >= 11 is 0. The Morgan fingerprint density at radius 2 is 2.15 bits per heavy atom. The molecule has 4 N–H and O–H groups in total. The summed E-state index contributed by atoms with van der Waals surface area (Å²) in [5, 5.41) is 3.15. The smallest absolute Gasteiger partial charge is 0.205 e. The van der Waals surface area contributed by atoms with Crippen LogP contribution in [0.1, 0.15) is 33.6 Å². The second kappa shape index (κ2) is 7.86. The molecule has 78 valence electrons. The van der Waals surface area contributed by atoms with E-state index in [2.05, 4.69) is 36.5 Å². The van der Waals surface area contributed by atoms with Gasteiger partial charge < -0.3 is 5.32 Å². The van der Waals surface area contributed by atoms with E-state index in [9.17, 15) is 0 Å². The lowest BCUT2D eigenvalue weighted by atomic mass is 10.1. The monoisotopic (exact) mass is 186 g/mol. The quantitative estimate of drug-likeness (QED) is 0.258. The second-order valence-corrected chi connectivity index (χ2v) is 3.48. The maximum atomic E-state index is 5.29. The Balaban J connectivity index is 3.59. The maximum absolute atomic E-state index is 5.29. The average Bonchev–Trinajstić information content (AvgIpc) is 2.10. The number of hydrogen-bond acceptors (Lipinski definition) is 2. The molecule has 0 aromatic rings. The molecule has 0 radical (unpaired) electrons. The van der Waals surface area contributed by atoms with Crippen molar-refractivity contribution in [3.63, 3.8) is 0 Å². The lowest BCUT2D eigenvalue weighted by Crippen LogP contribution is -2.42. The Morgan fingerprint density at radius 3 is 2.62 bits per heavy atom. The normalized spacial score (nSPS) is 11.9. The van der Waals surface area contributed by atoms with Crippen molar-refractivity contribution in [2.75, 3.05) is 13.1 Å². The van der Waals surface area contributed by atoms with E-state index in [0.717, 1.165) is 25.9 Å². The van der Waals surface area contributed by atoms with Gasteiger partial charge in [-0.25, -0.2) is 5.84 Å². The molecule has 0 unspecified atom stereocenters. The lowest BCUT2D eigenvalue weighted by molar-refractivity contribution is 0.573. The van der Waals surface area contributed by atoms with Gasteiger partial charge in [-0.3, -0.25) is 10.4 Å². The van der Waals surface area contributed by atoms with Crippen molar-refractivity contribution >= 4 is 5.96 Å². The predicted molar refractivity (Wildman–Crippen MR) is 57.4 cm³/mol. The number of guanidine groups is 1. The number of aliphatic imine (C=N–C) groups is 1. The van der Waals surface area contributed by atoms with Crippen LogP contribution in [0.25, 0.3) is 0 Å². The van der Waals surface area contributed by atoms with Gasteiger partial charge in [0.1, 0.15) is 0 Å². The van der Waals surface area contributed by atoms with E-state index < -0.39 is 0 Å². The van der Waals surface area contributed by atoms with Crippen molar-refractivity contribution < 1.29 is 0 Å². The number of rotatable bonds is 5. The highest BCUT2D eigenvalue weighted by Gasteiger charge is 1.96. The first-order valence-electron chi connectivity index (χ1n) is 4.95. The van der Waals surface area contributed by atoms with Gasteiger partial charge in [0.15, 0.2) is 0 Å². The van der Waals surface area contributed by atoms with E-state index in [1.54, 1.807) is 0 Å². The summed E-state index contributed by atoms with van der Waals surface area (Å²) in [6.45, 7) is 8.21. The standard InChI is InChI=1S/C9H22N4/c1-4-6-11-9(13-10)12-7-5-8(2)3/h8H,4-7,10H2,1-3H3,(H2,11,12,13). The van der Waals surface area contributed by atoms with Crippen molar-refractivity contribution in [3.05, 3.63) is 0 Å². The summed E-state index contributed by atoms with van der Waals surface area (Å²) in [4.78, 5) is 4.23. The van der Waals surface area contributed by atoms with Gasteiger partial charge in [0.25, 0.3) is 0 Å². The predicted octanol–water partition coefficient (Wildman–Crippen LogP) is 0.851. The molecule has 0 spiro atoms. The fourth-order valence-electron chi connectivity index (χ4n) is 0.855. The molecule has 0 heterocycles. The number of hydrazine groups is 1. The highest BCUT2D eigenvalue weighted by atomic mass is 15.3. The van der Waals surface area contributed by atoms with Crippen LogP contribution in [0.15, 0.2) is 4.99 Å². The highest BCUT2D eigenvalue weighted by Crippen LogP contribution is 1.95. The SMILES string of the molecule is CCCN=C(NN)NCCC(C)C. The van der Waals surface area contributed by atoms with Crippen LogP contribution in [-0.4, -0.2) is 19.0 Å². The number of hydrogen-bond donors (Lipinski definition) is 3. The summed E-state index contributed by atoms with van der Waals surface area (Å²) in [6, 6.07) is 0. The molecule has 0 saturated heterocycles. The van der Waals surface area contributed by atoms with Gasteiger partial charge in [-0.05, 0) is 18.8 Å². The fourth-order valence-corrected chi connectivity index (χ4v) is 0.855. The highest BCUT2D eigenvalue weighted by molar-refractivity contribution is 5.79. The van der Waals surface area contributed by atoms with Gasteiger partial charge in [-0.2, -0.15) is 0 Å². The molecule has 0 fully saturated rings. The van der Waals surface area contributed by atoms with Crippen LogP contribution in [0.3, 0.4) is 0 Å². The van der Waals surface area contributed by atoms with Crippen LogP contribution in [-0.2, 0) is 0 Å². The zero-order valence-corrected chi connectivity index (χ0v) is 8.93. The van der Waals surface area contributed by atoms with Crippen molar-refractivity contribution in [1.82, 2.24) is 10.7 Å². The Morgan fingerprint density at radius 1 is 1.46 bits per heavy atom. The zero-order valence-electron chi connectivity index (χ0n) is 8.93. The van der Waals surface area contributed by atoms with Crippen LogP contribution in [0.5, 0.6) is 0 Å². The van der Waals surface area contributed by atoms with Crippen molar-refractivity contribution in [2.45, 2.75) is 33.6 Å². The van der Waals surface area contributed by atoms with Crippen LogP contribution in [0, 0.1) is 5.92 Å². The largest absolute Gasteiger partial charge is 0.355 e. The summed E-state index contributed by atoms with van der Waals surface area (Å²) in [5.41, 5.74) is 2.55. The minimum atomic E-state index is 0.697. The Kier molecular flexibility index (Phi) is 7.39. The van der Waals surface area contributed by atoms with Gasteiger partial charge in [0.2, 0.25) is 5.96 Å². The summed E-state index contributed by atoms with van der Waals surface area (Å²) < 4.78 is 0. The van der Waals surface area contributed by atoms with Gasteiger partial charge in [-0.15, -0.1) is 0 Å². The summed E-state index contributed by atoms with van der Waals surface area (Å²) in [7, 11) is 0. The average molecular weight is 186 g/mol. The molecule has 0 rings (SSSR count). The third-order valence-electron chi connectivity index (χ3n) is 1.64. The molecule has 0 bridgehead atoms. The third-order valence-corrected chi connectivity index (χ3v) is 1.64. The molecular weight excluding hydrogens is 164 g/mol. The molecule has 4 heteroatoms. The van der Waals surface area contributed by atoms with Crippen LogP contribution in [0.4, 0.5) is 0 Å². The Hall–Kier alpha value is -0.770. The van der Waals surface area contributed by atoms with Gasteiger partial charge in [0, 0.05) is 13.1 Å². The molecule has 13 heavy (non-hydrogen) atoms. The topological polar surface area (TPSA) is 62.4 Å². The molecule has 0 aromatic heterocycles. The minimum absolute atomic E-state index is 0.697.